The Morgan fingerprint density at radius 3 is 2.58 bits per heavy atom. The van der Waals surface area contributed by atoms with Gasteiger partial charge >= 0.3 is 0 Å². The topological polar surface area (TPSA) is 42.7 Å². The Bertz CT molecular complexity index is 553. The average Bonchev–Trinajstić information content (AvgIpc) is 2.76. The van der Waals surface area contributed by atoms with E-state index in [-0.39, 0.29) is 0 Å². The Morgan fingerprint density at radius 2 is 1.89 bits per heavy atom. The van der Waals surface area contributed by atoms with Gasteiger partial charge in [-0.05, 0) is 50.6 Å². The highest BCUT2D eigenvalue weighted by molar-refractivity contribution is 5.64. The monoisotopic (exact) mass is 256 g/mol. The summed E-state index contributed by atoms with van der Waals surface area (Å²) >= 11 is 0. The van der Waals surface area contributed by atoms with Crippen LogP contribution in [0, 0.1) is 6.92 Å². The number of hydrogen-bond acceptors (Lipinski definition) is 3. The van der Waals surface area contributed by atoms with Crippen molar-refractivity contribution in [2.75, 3.05) is 13.1 Å². The van der Waals surface area contributed by atoms with Crippen LogP contribution < -0.4 is 5.32 Å². The molecule has 0 aliphatic carbocycles. The van der Waals surface area contributed by atoms with Gasteiger partial charge in [0.1, 0.15) is 0 Å². The number of rotatable bonds is 2. The van der Waals surface area contributed by atoms with E-state index in [0.717, 1.165) is 13.1 Å². The average molecular weight is 256 g/mol. The number of pyridine rings is 1. The quantitative estimate of drug-likeness (QED) is 0.896. The van der Waals surface area contributed by atoms with Gasteiger partial charge in [-0.25, -0.2) is 0 Å². The minimum atomic E-state index is 0.600. The molecule has 3 heterocycles. The van der Waals surface area contributed by atoms with Gasteiger partial charge in [0.15, 0.2) is 0 Å². The maximum atomic E-state index is 4.78. The SMILES string of the molecule is Cc1c(C2CCNCC2)nn(C)c1-c1ccncc1. The molecule has 0 aromatic carbocycles. The molecule has 4 heteroatoms. The number of nitrogens with zero attached hydrogens (tertiary/aromatic N) is 3. The molecule has 2 aromatic heterocycles. The fourth-order valence-electron chi connectivity index (χ4n) is 3.05. The molecule has 0 spiro atoms. The van der Waals surface area contributed by atoms with Crippen molar-refractivity contribution in [1.29, 1.82) is 0 Å². The van der Waals surface area contributed by atoms with Crippen molar-refractivity contribution in [2.45, 2.75) is 25.7 Å². The van der Waals surface area contributed by atoms with E-state index in [1.54, 1.807) is 0 Å². The molecule has 0 unspecified atom stereocenters. The normalized spacial score (nSPS) is 16.7. The van der Waals surface area contributed by atoms with Crippen LogP contribution in [0.15, 0.2) is 24.5 Å². The molecule has 1 fully saturated rings. The van der Waals surface area contributed by atoms with Crippen LogP contribution >= 0.6 is 0 Å². The van der Waals surface area contributed by atoms with Crippen molar-refractivity contribution in [1.82, 2.24) is 20.1 Å². The molecule has 3 rings (SSSR count). The smallest absolute Gasteiger partial charge is 0.0712 e. The molecule has 2 aromatic rings. The molecule has 19 heavy (non-hydrogen) atoms. The molecule has 0 atom stereocenters. The summed E-state index contributed by atoms with van der Waals surface area (Å²) in [4.78, 5) is 4.09. The number of aromatic nitrogens is 3. The maximum Gasteiger partial charge on any atom is 0.0712 e. The Balaban J connectivity index is 2.00. The summed E-state index contributed by atoms with van der Waals surface area (Å²) in [6, 6.07) is 4.10. The van der Waals surface area contributed by atoms with Crippen LogP contribution in [0.4, 0.5) is 0 Å². The van der Waals surface area contributed by atoms with Gasteiger partial charge in [0, 0.05) is 30.9 Å². The maximum absolute atomic E-state index is 4.78. The molecule has 1 saturated heterocycles. The first-order chi connectivity index (χ1) is 9.27. The number of nitrogens with one attached hydrogen (secondary N) is 1. The predicted octanol–water partition coefficient (Wildman–Crippen LogP) is 2.26. The minimum Gasteiger partial charge on any atom is -0.317 e. The first-order valence-electron chi connectivity index (χ1n) is 6.92. The lowest BCUT2D eigenvalue weighted by molar-refractivity contribution is 0.449. The summed E-state index contributed by atoms with van der Waals surface area (Å²) in [7, 11) is 2.04. The van der Waals surface area contributed by atoms with Crippen LogP contribution in [0.2, 0.25) is 0 Å². The van der Waals surface area contributed by atoms with Crippen molar-refractivity contribution >= 4 is 0 Å². The Kier molecular flexibility index (Phi) is 3.34. The third kappa shape index (κ3) is 2.28. The third-order valence-corrected chi connectivity index (χ3v) is 4.00. The Labute approximate surface area is 113 Å². The zero-order valence-corrected chi connectivity index (χ0v) is 11.6. The van der Waals surface area contributed by atoms with Gasteiger partial charge in [-0.15, -0.1) is 0 Å². The molecule has 4 nitrogen and oxygen atoms in total. The first-order valence-corrected chi connectivity index (χ1v) is 6.92. The highest BCUT2D eigenvalue weighted by Gasteiger charge is 2.23. The minimum absolute atomic E-state index is 0.600. The fourth-order valence-corrected chi connectivity index (χ4v) is 3.05. The van der Waals surface area contributed by atoms with Crippen LogP contribution in [0.1, 0.15) is 30.0 Å². The standard InChI is InChI=1S/C15H20N4/c1-11-14(12-3-7-16-8-4-12)18-19(2)15(11)13-5-9-17-10-6-13/h5-6,9-10,12,16H,3-4,7-8H2,1-2H3. The zero-order chi connectivity index (χ0) is 13.2. The van der Waals surface area contributed by atoms with Crippen molar-refractivity contribution < 1.29 is 0 Å². The molecular weight excluding hydrogens is 236 g/mol. The molecule has 1 aliphatic rings. The number of hydrogen-bond donors (Lipinski definition) is 1. The largest absolute Gasteiger partial charge is 0.317 e. The summed E-state index contributed by atoms with van der Waals surface area (Å²) < 4.78 is 2.02. The van der Waals surface area contributed by atoms with Crippen LogP contribution in [0.3, 0.4) is 0 Å². The highest BCUT2D eigenvalue weighted by Crippen LogP contribution is 2.32. The summed E-state index contributed by atoms with van der Waals surface area (Å²) in [5.41, 5.74) is 5.01. The second-order valence-corrected chi connectivity index (χ2v) is 5.24. The van der Waals surface area contributed by atoms with Crippen molar-refractivity contribution in [2.24, 2.45) is 7.05 Å². The summed E-state index contributed by atoms with van der Waals surface area (Å²) in [6.45, 7) is 4.40. The molecule has 0 amide bonds. The molecule has 0 bridgehead atoms. The van der Waals surface area contributed by atoms with E-state index in [4.69, 9.17) is 5.10 Å². The van der Waals surface area contributed by atoms with Gasteiger partial charge in [0.05, 0.1) is 11.4 Å². The zero-order valence-electron chi connectivity index (χ0n) is 11.6. The predicted molar refractivity (Wildman–Crippen MR) is 76.0 cm³/mol. The van der Waals surface area contributed by atoms with E-state index in [9.17, 15) is 0 Å². The van der Waals surface area contributed by atoms with Gasteiger partial charge < -0.3 is 5.32 Å². The molecule has 1 N–H and O–H groups in total. The molecule has 0 radical (unpaired) electrons. The lowest BCUT2D eigenvalue weighted by Crippen LogP contribution is -2.27. The van der Waals surface area contributed by atoms with Gasteiger partial charge in [-0.1, -0.05) is 0 Å². The summed E-state index contributed by atoms with van der Waals surface area (Å²) in [6.07, 6.45) is 6.05. The summed E-state index contributed by atoms with van der Waals surface area (Å²) in [5.74, 6) is 0.600. The van der Waals surface area contributed by atoms with E-state index in [1.807, 2.05) is 24.1 Å². The first kappa shape index (κ1) is 12.4. The Morgan fingerprint density at radius 1 is 1.21 bits per heavy atom. The third-order valence-electron chi connectivity index (χ3n) is 4.00. The number of aryl methyl sites for hydroxylation is 1. The van der Waals surface area contributed by atoms with Crippen molar-refractivity contribution in [3.05, 3.63) is 35.8 Å². The lowest BCUT2D eigenvalue weighted by Gasteiger charge is -2.21. The highest BCUT2D eigenvalue weighted by atomic mass is 15.3. The lowest BCUT2D eigenvalue weighted by atomic mass is 9.91. The second kappa shape index (κ2) is 5.13. The van der Waals surface area contributed by atoms with Crippen LogP contribution in [-0.2, 0) is 7.05 Å². The molecule has 100 valence electrons. The van der Waals surface area contributed by atoms with E-state index in [0.29, 0.717) is 5.92 Å². The Hall–Kier alpha value is -1.68. The summed E-state index contributed by atoms with van der Waals surface area (Å²) in [5, 5.41) is 8.19. The van der Waals surface area contributed by atoms with Gasteiger partial charge in [0.25, 0.3) is 0 Å². The van der Waals surface area contributed by atoms with E-state index in [1.165, 1.54) is 35.4 Å². The molecular formula is C15H20N4. The van der Waals surface area contributed by atoms with Crippen LogP contribution in [-0.4, -0.2) is 27.9 Å². The molecule has 0 saturated carbocycles. The van der Waals surface area contributed by atoms with Crippen molar-refractivity contribution in [3.63, 3.8) is 0 Å². The molecule has 1 aliphatic heterocycles. The van der Waals surface area contributed by atoms with E-state index < -0.39 is 0 Å². The van der Waals surface area contributed by atoms with E-state index in [2.05, 4.69) is 29.4 Å². The van der Waals surface area contributed by atoms with Gasteiger partial charge in [-0.2, -0.15) is 5.10 Å². The van der Waals surface area contributed by atoms with Gasteiger partial charge in [-0.3, -0.25) is 9.67 Å². The van der Waals surface area contributed by atoms with Crippen LogP contribution in [0.5, 0.6) is 0 Å². The number of piperidine rings is 1. The second-order valence-electron chi connectivity index (χ2n) is 5.24. The van der Waals surface area contributed by atoms with Crippen LogP contribution in [0.25, 0.3) is 11.3 Å². The van der Waals surface area contributed by atoms with Crippen molar-refractivity contribution in [3.8, 4) is 11.3 Å². The fraction of sp³-hybridized carbons (Fsp3) is 0.467. The van der Waals surface area contributed by atoms with Gasteiger partial charge in [0.2, 0.25) is 0 Å². The van der Waals surface area contributed by atoms with E-state index >= 15 is 0 Å².